The number of nitrogens with one attached hydrogen (secondary N) is 1. The van der Waals surface area contributed by atoms with Crippen LogP contribution in [0.25, 0.3) is 27.7 Å². The van der Waals surface area contributed by atoms with Crippen molar-refractivity contribution in [1.29, 1.82) is 0 Å². The molecular formula is C26H17F4N3O6S. The first-order valence-electron chi connectivity index (χ1n) is 11.3. The van der Waals surface area contributed by atoms with E-state index in [-0.39, 0.29) is 38.8 Å². The van der Waals surface area contributed by atoms with Crippen molar-refractivity contribution in [3.05, 3.63) is 95.0 Å². The molecule has 0 aliphatic heterocycles. The highest BCUT2D eigenvalue weighted by atomic mass is 32.2. The van der Waals surface area contributed by atoms with Crippen molar-refractivity contribution in [2.75, 3.05) is 11.8 Å². The summed E-state index contributed by atoms with van der Waals surface area (Å²) < 4.78 is 98.0. The van der Waals surface area contributed by atoms with Crippen LogP contribution in [0.15, 0.2) is 87.2 Å². The fraction of sp³-hybridized carbons (Fsp3) is 0.0769. The maximum absolute atomic E-state index is 15.4. The van der Waals surface area contributed by atoms with Crippen molar-refractivity contribution in [3.63, 3.8) is 0 Å². The molecule has 3 aromatic carbocycles. The van der Waals surface area contributed by atoms with E-state index < -0.39 is 39.6 Å². The van der Waals surface area contributed by atoms with Crippen molar-refractivity contribution in [3.8, 4) is 28.3 Å². The first-order chi connectivity index (χ1) is 19.1. The van der Waals surface area contributed by atoms with Crippen LogP contribution in [0.2, 0.25) is 0 Å². The number of rotatable bonds is 8. The summed E-state index contributed by atoms with van der Waals surface area (Å²) in [5.41, 5.74) is -0.738. The Balaban J connectivity index is 1.62. The summed E-state index contributed by atoms with van der Waals surface area (Å²) in [6, 6.07) is 12.6. The van der Waals surface area contributed by atoms with Gasteiger partial charge in [0.1, 0.15) is 29.4 Å². The molecule has 9 nitrogen and oxygen atoms in total. The zero-order valence-corrected chi connectivity index (χ0v) is 21.1. The Kier molecular flexibility index (Phi) is 6.94. The quantitative estimate of drug-likeness (QED) is 0.249. The van der Waals surface area contributed by atoms with Gasteiger partial charge in [-0.2, -0.15) is 8.78 Å². The summed E-state index contributed by atoms with van der Waals surface area (Å²) in [6.07, 6.45) is 1.19. The van der Waals surface area contributed by atoms with Crippen molar-refractivity contribution in [1.82, 2.24) is 9.72 Å². The molecule has 0 aliphatic rings. The van der Waals surface area contributed by atoms with Gasteiger partial charge in [-0.1, -0.05) is 5.16 Å². The number of nitrogens with zero attached hydrogens (tertiary/aromatic N) is 2. The van der Waals surface area contributed by atoms with Crippen molar-refractivity contribution in [2.24, 2.45) is 0 Å². The van der Waals surface area contributed by atoms with E-state index in [0.717, 1.165) is 34.9 Å². The predicted octanol–water partition coefficient (Wildman–Crippen LogP) is 5.33. The molecule has 0 fully saturated rings. The number of fused-ring (bicyclic) bond motifs is 1. The number of pyridine rings is 1. The minimum atomic E-state index is -4.07. The summed E-state index contributed by atoms with van der Waals surface area (Å²) in [5.74, 6) is -2.43. The number of sulfonamides is 1. The molecule has 5 rings (SSSR count). The Morgan fingerprint density at radius 3 is 2.50 bits per heavy atom. The van der Waals surface area contributed by atoms with Crippen LogP contribution in [0.3, 0.4) is 0 Å². The van der Waals surface area contributed by atoms with Gasteiger partial charge in [-0.15, -0.1) is 0 Å². The summed E-state index contributed by atoms with van der Waals surface area (Å²) in [6.45, 7) is -3.22. The van der Waals surface area contributed by atoms with Crippen LogP contribution in [-0.4, -0.2) is 31.9 Å². The van der Waals surface area contributed by atoms with Crippen LogP contribution in [0.5, 0.6) is 11.5 Å². The number of ether oxygens (including phenoxy) is 2. The van der Waals surface area contributed by atoms with Gasteiger partial charge in [0, 0.05) is 35.2 Å². The van der Waals surface area contributed by atoms with E-state index in [9.17, 15) is 26.4 Å². The smallest absolute Gasteiger partial charge is 0.387 e. The Bertz CT molecular complexity index is 1890. The first kappa shape index (κ1) is 26.7. The minimum absolute atomic E-state index is 0.0176. The number of methoxy groups -OCH3 is 1. The summed E-state index contributed by atoms with van der Waals surface area (Å²) >= 11 is 0. The molecule has 0 aliphatic carbocycles. The topological polar surface area (TPSA) is 113 Å². The largest absolute Gasteiger partial charge is 0.495 e. The van der Waals surface area contributed by atoms with Gasteiger partial charge in [0.2, 0.25) is 0 Å². The highest BCUT2D eigenvalue weighted by molar-refractivity contribution is 7.92. The van der Waals surface area contributed by atoms with Gasteiger partial charge in [-0.3, -0.25) is 14.1 Å². The lowest BCUT2D eigenvalue weighted by atomic mass is 10.0. The maximum atomic E-state index is 15.4. The van der Waals surface area contributed by atoms with Gasteiger partial charge in [0.15, 0.2) is 5.82 Å². The van der Waals surface area contributed by atoms with Crippen LogP contribution in [0.1, 0.15) is 0 Å². The maximum Gasteiger partial charge on any atom is 0.387 e. The minimum Gasteiger partial charge on any atom is -0.495 e. The van der Waals surface area contributed by atoms with Crippen LogP contribution in [-0.2, 0) is 10.0 Å². The number of hydrogen-bond donors (Lipinski definition) is 1. The Morgan fingerprint density at radius 2 is 1.80 bits per heavy atom. The molecule has 40 heavy (non-hydrogen) atoms. The molecular weight excluding hydrogens is 558 g/mol. The van der Waals surface area contributed by atoms with Gasteiger partial charge in [0.25, 0.3) is 15.6 Å². The van der Waals surface area contributed by atoms with E-state index in [0.29, 0.717) is 5.39 Å². The van der Waals surface area contributed by atoms with Gasteiger partial charge in [0.05, 0.1) is 23.2 Å². The van der Waals surface area contributed by atoms with Crippen LogP contribution in [0, 0.1) is 11.6 Å². The third kappa shape index (κ3) is 5.20. The molecule has 0 atom stereocenters. The van der Waals surface area contributed by atoms with Crippen molar-refractivity contribution >= 4 is 26.7 Å². The highest BCUT2D eigenvalue weighted by Crippen LogP contribution is 2.35. The zero-order chi connectivity index (χ0) is 28.6. The second-order valence-electron chi connectivity index (χ2n) is 8.28. The summed E-state index contributed by atoms with van der Waals surface area (Å²) in [7, 11) is -2.81. The summed E-state index contributed by atoms with van der Waals surface area (Å²) in [4.78, 5) is 12.8. The fourth-order valence-corrected chi connectivity index (χ4v) is 5.12. The van der Waals surface area contributed by atoms with E-state index in [4.69, 9.17) is 4.74 Å². The van der Waals surface area contributed by atoms with Gasteiger partial charge < -0.3 is 14.0 Å². The average Bonchev–Trinajstić information content (AvgIpc) is 3.40. The number of benzene rings is 3. The molecule has 2 heterocycles. The van der Waals surface area contributed by atoms with E-state index >= 15 is 4.39 Å². The SMILES string of the molecule is COc1cc(-c2cc(F)cc(OC(F)F)c2)c(F)cc1-n1c(=O)ccc2cc(S(=O)(=O)Nc3ccon3)ccc21. The Hall–Kier alpha value is -4.85. The number of alkyl halides is 2. The van der Waals surface area contributed by atoms with Crippen LogP contribution in [0.4, 0.5) is 23.4 Å². The molecule has 2 aromatic heterocycles. The predicted molar refractivity (Wildman–Crippen MR) is 135 cm³/mol. The first-order valence-corrected chi connectivity index (χ1v) is 12.8. The molecule has 1 N–H and O–H groups in total. The number of halogens is 4. The second-order valence-corrected chi connectivity index (χ2v) is 9.96. The van der Waals surface area contributed by atoms with Crippen LogP contribution >= 0.6 is 0 Å². The molecule has 5 aromatic rings. The fourth-order valence-electron chi connectivity index (χ4n) is 4.09. The average molecular weight is 575 g/mol. The zero-order valence-electron chi connectivity index (χ0n) is 20.3. The van der Waals surface area contributed by atoms with E-state index in [1.807, 2.05) is 0 Å². The van der Waals surface area contributed by atoms with Crippen molar-refractivity contribution < 1.29 is 40.0 Å². The van der Waals surface area contributed by atoms with Gasteiger partial charge >= 0.3 is 6.61 Å². The monoisotopic (exact) mass is 575 g/mol. The lowest BCUT2D eigenvalue weighted by Gasteiger charge is -2.17. The molecule has 0 radical (unpaired) electrons. The number of aromatic nitrogens is 2. The summed E-state index contributed by atoms with van der Waals surface area (Å²) in [5, 5.41) is 3.82. The standard InChI is InChI=1S/C26H17F4N3O6S/c1-37-23-12-19(15-8-16(27)11-17(9-15)39-26(29)30)20(28)13-22(23)33-21-4-3-18(10-14(21)2-5-25(33)34)40(35,36)32-24-6-7-38-31-24/h2-13,26H,1H3,(H,31,32). The van der Waals surface area contributed by atoms with Gasteiger partial charge in [-0.25, -0.2) is 17.2 Å². The second kappa shape index (κ2) is 10.4. The molecule has 0 spiro atoms. The molecule has 0 bridgehead atoms. The lowest BCUT2D eigenvalue weighted by Crippen LogP contribution is -2.19. The normalized spacial score (nSPS) is 11.7. The molecule has 14 heteroatoms. The third-order valence-corrected chi connectivity index (χ3v) is 7.12. The highest BCUT2D eigenvalue weighted by Gasteiger charge is 2.20. The molecule has 0 saturated carbocycles. The molecule has 0 amide bonds. The number of hydrogen-bond acceptors (Lipinski definition) is 7. The van der Waals surface area contributed by atoms with Gasteiger partial charge in [-0.05, 0) is 48.0 Å². The molecule has 0 unspecified atom stereocenters. The lowest BCUT2D eigenvalue weighted by molar-refractivity contribution is -0.0499. The molecule has 0 saturated heterocycles. The van der Waals surface area contributed by atoms with E-state index in [1.54, 1.807) is 0 Å². The van der Waals surface area contributed by atoms with E-state index in [1.165, 1.54) is 49.8 Å². The Labute approximate surface area is 223 Å². The molecule has 206 valence electrons. The number of anilines is 1. The third-order valence-electron chi connectivity index (χ3n) is 5.77. The Morgan fingerprint density at radius 1 is 1.00 bits per heavy atom. The van der Waals surface area contributed by atoms with Crippen LogP contribution < -0.4 is 19.8 Å². The van der Waals surface area contributed by atoms with E-state index in [2.05, 4.69) is 19.1 Å². The van der Waals surface area contributed by atoms with Crippen molar-refractivity contribution in [2.45, 2.75) is 11.5 Å².